The van der Waals surface area contributed by atoms with E-state index in [4.69, 9.17) is 17.3 Å². The van der Waals surface area contributed by atoms with Crippen molar-refractivity contribution in [3.8, 4) is 0 Å². The van der Waals surface area contributed by atoms with Crippen LogP contribution in [0.2, 0.25) is 5.02 Å². The lowest BCUT2D eigenvalue weighted by Gasteiger charge is -2.26. The number of carbonyl (C=O) groups is 2. The molecule has 0 bridgehead atoms. The van der Waals surface area contributed by atoms with Gasteiger partial charge in [0, 0.05) is 11.6 Å². The first-order valence-corrected chi connectivity index (χ1v) is 10.0. The number of likely N-dealkylation sites (N-methyl/N-ethyl adjacent to an activating group) is 1. The Labute approximate surface area is 177 Å². The average Bonchev–Trinajstić information content (AvgIpc) is 2.68. The van der Waals surface area contributed by atoms with Crippen LogP contribution in [0.5, 0.6) is 0 Å². The van der Waals surface area contributed by atoms with E-state index in [1.807, 2.05) is 14.1 Å². The minimum Gasteiger partial charge on any atom is -0.354 e. The molecule has 0 spiro atoms. The zero-order valence-electron chi connectivity index (χ0n) is 17.1. The van der Waals surface area contributed by atoms with Crippen molar-refractivity contribution in [2.24, 2.45) is 5.73 Å². The summed E-state index contributed by atoms with van der Waals surface area (Å²) in [5, 5.41) is 6.05. The van der Waals surface area contributed by atoms with Crippen LogP contribution in [0.4, 0.5) is 4.79 Å². The van der Waals surface area contributed by atoms with Crippen LogP contribution in [0, 0.1) is 0 Å². The van der Waals surface area contributed by atoms with E-state index < -0.39 is 12.1 Å². The Morgan fingerprint density at radius 1 is 1.10 bits per heavy atom. The van der Waals surface area contributed by atoms with Crippen LogP contribution in [0.25, 0.3) is 0 Å². The number of nitrogens with one attached hydrogen (secondary N) is 2. The molecule has 0 aliphatic heterocycles. The predicted molar refractivity (Wildman–Crippen MR) is 117 cm³/mol. The fourth-order valence-corrected chi connectivity index (χ4v) is 3.48. The van der Waals surface area contributed by atoms with Gasteiger partial charge in [-0.25, -0.2) is 4.79 Å². The Morgan fingerprint density at radius 2 is 1.76 bits per heavy atom. The Bertz CT molecular complexity index is 824. The second-order valence-corrected chi connectivity index (χ2v) is 7.57. The maximum Gasteiger partial charge on any atom is 0.312 e. The summed E-state index contributed by atoms with van der Waals surface area (Å²) in [6, 6.07) is 14.2. The highest BCUT2D eigenvalue weighted by Gasteiger charge is 2.21. The number of benzene rings is 2. The number of rotatable bonds is 9. The summed E-state index contributed by atoms with van der Waals surface area (Å²) >= 11 is 6.23. The monoisotopic (exact) mass is 416 g/mol. The molecule has 4 N–H and O–H groups in total. The molecule has 0 aliphatic rings. The quantitative estimate of drug-likeness (QED) is 0.585. The lowest BCUT2D eigenvalue weighted by atomic mass is 10.0. The molecule has 7 heteroatoms. The van der Waals surface area contributed by atoms with E-state index in [1.165, 1.54) is 5.56 Å². The van der Waals surface area contributed by atoms with Crippen LogP contribution >= 0.6 is 11.6 Å². The molecule has 6 nitrogen and oxygen atoms in total. The van der Waals surface area contributed by atoms with Crippen LogP contribution in [0.3, 0.4) is 0 Å². The van der Waals surface area contributed by atoms with Gasteiger partial charge in [-0.05, 0) is 43.3 Å². The van der Waals surface area contributed by atoms with E-state index >= 15 is 0 Å². The zero-order chi connectivity index (χ0) is 21.4. The van der Waals surface area contributed by atoms with Crippen LogP contribution in [-0.2, 0) is 11.2 Å². The summed E-state index contributed by atoms with van der Waals surface area (Å²) in [6.07, 6.45) is 1.03. The van der Waals surface area contributed by atoms with Gasteiger partial charge in [0.25, 0.3) is 0 Å². The molecule has 156 valence electrons. The number of urea groups is 1. The number of primary amides is 1. The number of hydrogen-bond acceptors (Lipinski definition) is 3. The molecule has 2 unspecified atom stereocenters. The SMILES string of the molecule is CCc1ccc(C(CNC(=O)CC(NC(N)=O)c2ccccc2Cl)N(C)C)cc1. The topological polar surface area (TPSA) is 87.5 Å². The molecule has 0 aromatic heterocycles. The summed E-state index contributed by atoms with van der Waals surface area (Å²) in [6.45, 7) is 2.57. The van der Waals surface area contributed by atoms with Gasteiger partial charge in [0.15, 0.2) is 0 Å². The van der Waals surface area contributed by atoms with Gasteiger partial charge in [0.2, 0.25) is 5.91 Å². The van der Waals surface area contributed by atoms with Crippen molar-refractivity contribution in [1.82, 2.24) is 15.5 Å². The van der Waals surface area contributed by atoms with Crippen molar-refractivity contribution in [3.63, 3.8) is 0 Å². The number of hydrogen-bond donors (Lipinski definition) is 3. The third-order valence-electron chi connectivity index (χ3n) is 4.88. The number of aryl methyl sites for hydroxylation is 1. The van der Waals surface area contributed by atoms with Crippen LogP contribution in [0.15, 0.2) is 48.5 Å². The first-order valence-electron chi connectivity index (χ1n) is 9.64. The summed E-state index contributed by atoms with van der Waals surface area (Å²) in [5.74, 6) is -0.194. The molecular formula is C22H29ClN4O2. The summed E-state index contributed by atoms with van der Waals surface area (Å²) in [7, 11) is 3.96. The minimum atomic E-state index is -0.704. The summed E-state index contributed by atoms with van der Waals surface area (Å²) in [4.78, 5) is 26.1. The molecule has 0 saturated heterocycles. The first-order chi connectivity index (χ1) is 13.8. The standard InChI is InChI=1S/C22H29ClN4O2/c1-4-15-9-11-16(12-10-15)20(27(2)3)14-25-21(28)13-19(26-22(24)29)17-7-5-6-8-18(17)23/h5-12,19-20H,4,13-14H2,1-3H3,(H,25,28)(H3,24,26,29). The highest BCUT2D eigenvalue weighted by atomic mass is 35.5. The van der Waals surface area contributed by atoms with Gasteiger partial charge in [-0.3, -0.25) is 4.79 Å². The van der Waals surface area contributed by atoms with Gasteiger partial charge < -0.3 is 21.3 Å². The third-order valence-corrected chi connectivity index (χ3v) is 5.22. The first kappa shape index (κ1) is 22.7. The van der Waals surface area contributed by atoms with Crippen molar-refractivity contribution in [2.75, 3.05) is 20.6 Å². The lowest BCUT2D eigenvalue weighted by Crippen LogP contribution is -2.39. The van der Waals surface area contributed by atoms with Gasteiger partial charge in [-0.1, -0.05) is 61.0 Å². The molecule has 0 aliphatic carbocycles. The van der Waals surface area contributed by atoms with Crippen molar-refractivity contribution >= 4 is 23.5 Å². The molecule has 2 rings (SSSR count). The zero-order valence-corrected chi connectivity index (χ0v) is 17.9. The highest BCUT2D eigenvalue weighted by Crippen LogP contribution is 2.25. The number of nitrogens with two attached hydrogens (primary N) is 1. The van der Waals surface area contributed by atoms with Gasteiger partial charge in [-0.2, -0.15) is 0 Å². The highest BCUT2D eigenvalue weighted by molar-refractivity contribution is 6.31. The average molecular weight is 417 g/mol. The number of halogens is 1. The molecule has 29 heavy (non-hydrogen) atoms. The number of carbonyl (C=O) groups excluding carboxylic acids is 2. The largest absolute Gasteiger partial charge is 0.354 e. The molecule has 0 radical (unpaired) electrons. The molecule has 2 aromatic carbocycles. The number of nitrogens with zero attached hydrogens (tertiary/aromatic N) is 1. The van der Waals surface area contributed by atoms with E-state index in [-0.39, 0.29) is 18.4 Å². The van der Waals surface area contributed by atoms with Crippen molar-refractivity contribution in [3.05, 3.63) is 70.2 Å². The normalized spacial score (nSPS) is 13.0. The van der Waals surface area contributed by atoms with E-state index in [0.29, 0.717) is 17.1 Å². The molecule has 3 amide bonds. The Balaban J connectivity index is 2.05. The Kier molecular flexibility index (Phi) is 8.49. The van der Waals surface area contributed by atoms with Gasteiger partial charge in [-0.15, -0.1) is 0 Å². The fourth-order valence-electron chi connectivity index (χ4n) is 3.21. The molecule has 0 heterocycles. The van der Waals surface area contributed by atoms with E-state index in [1.54, 1.807) is 24.3 Å². The number of amides is 3. The molecule has 2 atom stereocenters. The Hall–Kier alpha value is -2.57. The van der Waals surface area contributed by atoms with E-state index in [2.05, 4.69) is 46.7 Å². The molecule has 0 fully saturated rings. The molecule has 0 saturated carbocycles. The second kappa shape index (κ2) is 10.8. The van der Waals surface area contributed by atoms with Crippen molar-refractivity contribution in [2.45, 2.75) is 31.8 Å². The van der Waals surface area contributed by atoms with Crippen molar-refractivity contribution in [1.29, 1.82) is 0 Å². The summed E-state index contributed by atoms with van der Waals surface area (Å²) < 4.78 is 0. The lowest BCUT2D eigenvalue weighted by molar-refractivity contribution is -0.121. The maximum atomic E-state index is 12.6. The van der Waals surface area contributed by atoms with Crippen LogP contribution in [0.1, 0.15) is 42.1 Å². The van der Waals surface area contributed by atoms with E-state index in [9.17, 15) is 9.59 Å². The van der Waals surface area contributed by atoms with Gasteiger partial charge in [0.05, 0.1) is 18.5 Å². The smallest absolute Gasteiger partial charge is 0.312 e. The Morgan fingerprint density at radius 3 is 2.31 bits per heavy atom. The maximum absolute atomic E-state index is 12.6. The second-order valence-electron chi connectivity index (χ2n) is 7.17. The fraction of sp³-hybridized carbons (Fsp3) is 0.364. The third kappa shape index (κ3) is 6.76. The predicted octanol–water partition coefficient (Wildman–Crippen LogP) is 3.42. The van der Waals surface area contributed by atoms with Gasteiger partial charge >= 0.3 is 6.03 Å². The van der Waals surface area contributed by atoms with Crippen molar-refractivity contribution < 1.29 is 9.59 Å². The van der Waals surface area contributed by atoms with Gasteiger partial charge in [0.1, 0.15) is 0 Å². The van der Waals surface area contributed by atoms with E-state index in [0.717, 1.165) is 12.0 Å². The van der Waals surface area contributed by atoms with Crippen LogP contribution < -0.4 is 16.4 Å². The van der Waals surface area contributed by atoms with Crippen LogP contribution in [-0.4, -0.2) is 37.5 Å². The summed E-state index contributed by atoms with van der Waals surface area (Å²) in [5.41, 5.74) is 8.35. The molecule has 2 aromatic rings. The minimum absolute atomic E-state index is 0.0349. The molecular weight excluding hydrogens is 388 g/mol.